The summed E-state index contributed by atoms with van der Waals surface area (Å²) in [5.74, 6) is 0.0243. The summed E-state index contributed by atoms with van der Waals surface area (Å²) in [5, 5.41) is -0.420. The first-order valence-electron chi connectivity index (χ1n) is 8.87. The van der Waals surface area contributed by atoms with Gasteiger partial charge in [0.1, 0.15) is 0 Å². The van der Waals surface area contributed by atoms with Gasteiger partial charge in [-0.2, -0.15) is 13.2 Å². The molecule has 27 heavy (non-hydrogen) atoms. The summed E-state index contributed by atoms with van der Waals surface area (Å²) in [7, 11) is -3.17. The van der Waals surface area contributed by atoms with Crippen LogP contribution in [0.3, 0.4) is 0 Å². The molecular formula is C21H25F3O2S. The van der Waals surface area contributed by atoms with E-state index >= 15 is 0 Å². The van der Waals surface area contributed by atoms with Crippen molar-refractivity contribution in [2.75, 3.05) is 0 Å². The third kappa shape index (κ3) is 5.58. The number of rotatable bonds is 6. The molecule has 0 amide bonds. The van der Waals surface area contributed by atoms with Crippen LogP contribution in [0, 0.1) is 13.8 Å². The first-order chi connectivity index (χ1) is 12.4. The van der Waals surface area contributed by atoms with Crippen LogP contribution < -0.4 is 0 Å². The van der Waals surface area contributed by atoms with Gasteiger partial charge in [0.05, 0.1) is 16.6 Å². The fourth-order valence-electron chi connectivity index (χ4n) is 2.88. The third-order valence-electron chi connectivity index (χ3n) is 4.83. The number of alkyl halides is 3. The highest BCUT2D eigenvalue weighted by atomic mass is 32.2. The fourth-order valence-corrected chi connectivity index (χ4v) is 3.96. The largest absolute Gasteiger partial charge is 0.416 e. The van der Waals surface area contributed by atoms with E-state index in [1.165, 1.54) is 12.1 Å². The first-order valence-corrected chi connectivity index (χ1v) is 10.6. The number of benzene rings is 2. The van der Waals surface area contributed by atoms with Gasteiger partial charge in [-0.1, -0.05) is 24.3 Å². The lowest BCUT2D eigenvalue weighted by molar-refractivity contribution is -0.137. The summed E-state index contributed by atoms with van der Waals surface area (Å²) < 4.78 is 62.2. The van der Waals surface area contributed by atoms with E-state index in [9.17, 15) is 21.6 Å². The molecule has 0 bridgehead atoms. The van der Waals surface area contributed by atoms with Crippen LogP contribution in [0.25, 0.3) is 0 Å². The molecule has 2 aromatic carbocycles. The van der Waals surface area contributed by atoms with Gasteiger partial charge in [0, 0.05) is 0 Å². The van der Waals surface area contributed by atoms with Crippen molar-refractivity contribution in [3.8, 4) is 0 Å². The molecular weight excluding hydrogens is 373 g/mol. The summed E-state index contributed by atoms with van der Waals surface area (Å²) in [4.78, 5) is 0. The van der Waals surface area contributed by atoms with Crippen LogP contribution >= 0.6 is 0 Å². The minimum absolute atomic E-state index is 0.0243. The van der Waals surface area contributed by atoms with Crippen molar-refractivity contribution < 1.29 is 21.6 Å². The standard InChI is InChI=1S/C21H25F3O2S/c1-14(2)27(25,26)13-19-12-15(3)18(11-16(19)4)8-5-17-6-9-20(10-7-17)21(22,23)24/h6-7,9-12,14H,5,8,13H2,1-4H3. The topological polar surface area (TPSA) is 34.1 Å². The van der Waals surface area contributed by atoms with Gasteiger partial charge >= 0.3 is 6.18 Å². The van der Waals surface area contributed by atoms with E-state index < -0.39 is 26.8 Å². The average Bonchev–Trinajstić information content (AvgIpc) is 2.56. The Bertz CT molecular complexity index is 896. The summed E-state index contributed by atoms with van der Waals surface area (Å²) >= 11 is 0. The van der Waals surface area contributed by atoms with Gasteiger partial charge in [-0.3, -0.25) is 0 Å². The Kier molecular flexibility index (Phi) is 6.40. The summed E-state index contributed by atoms with van der Waals surface area (Å²) in [6, 6.07) is 9.13. The SMILES string of the molecule is Cc1cc(CS(=O)(=O)C(C)C)c(C)cc1CCc1ccc(C(F)(F)F)cc1. The molecule has 2 aromatic rings. The molecule has 148 valence electrons. The normalized spacial score (nSPS) is 12.6. The second kappa shape index (κ2) is 8.05. The maximum Gasteiger partial charge on any atom is 0.416 e. The number of hydrogen-bond acceptors (Lipinski definition) is 2. The summed E-state index contributed by atoms with van der Waals surface area (Å²) in [5.41, 5.74) is 4.01. The van der Waals surface area contributed by atoms with E-state index in [0.29, 0.717) is 12.8 Å². The number of aryl methyl sites for hydroxylation is 4. The molecule has 0 aliphatic rings. The van der Waals surface area contributed by atoms with Crippen LogP contribution in [-0.4, -0.2) is 13.7 Å². The number of halogens is 3. The Morgan fingerprint density at radius 1 is 0.889 bits per heavy atom. The van der Waals surface area contributed by atoms with Gasteiger partial charge in [0.15, 0.2) is 9.84 Å². The van der Waals surface area contributed by atoms with Crippen molar-refractivity contribution in [2.24, 2.45) is 0 Å². The second-order valence-electron chi connectivity index (χ2n) is 7.26. The molecule has 6 heteroatoms. The Morgan fingerprint density at radius 3 is 1.93 bits per heavy atom. The van der Waals surface area contributed by atoms with Crippen molar-refractivity contribution in [3.63, 3.8) is 0 Å². The van der Waals surface area contributed by atoms with Crippen LogP contribution in [0.15, 0.2) is 36.4 Å². The van der Waals surface area contributed by atoms with E-state index in [0.717, 1.165) is 39.9 Å². The smallest absolute Gasteiger partial charge is 0.228 e. The lowest BCUT2D eigenvalue weighted by atomic mass is 9.96. The molecule has 0 atom stereocenters. The van der Waals surface area contributed by atoms with Gasteiger partial charge in [0.2, 0.25) is 0 Å². The van der Waals surface area contributed by atoms with Gasteiger partial charge in [0.25, 0.3) is 0 Å². The van der Waals surface area contributed by atoms with E-state index in [1.807, 2.05) is 26.0 Å². The van der Waals surface area contributed by atoms with Crippen molar-refractivity contribution >= 4 is 9.84 Å². The zero-order valence-electron chi connectivity index (χ0n) is 16.0. The summed E-state index contributed by atoms with van der Waals surface area (Å²) in [6.07, 6.45) is -3.00. The van der Waals surface area contributed by atoms with Crippen molar-refractivity contribution in [1.82, 2.24) is 0 Å². The van der Waals surface area contributed by atoms with Crippen molar-refractivity contribution in [1.29, 1.82) is 0 Å². The average molecular weight is 398 g/mol. The number of sulfone groups is 1. The van der Waals surface area contributed by atoms with Crippen molar-refractivity contribution in [3.05, 3.63) is 69.8 Å². The molecule has 0 aliphatic carbocycles. The highest BCUT2D eigenvalue weighted by Crippen LogP contribution is 2.29. The predicted octanol–water partition coefficient (Wildman–Crippen LogP) is 5.43. The fraction of sp³-hybridized carbons (Fsp3) is 0.429. The Hall–Kier alpha value is -1.82. The van der Waals surface area contributed by atoms with Crippen LogP contribution in [0.4, 0.5) is 13.2 Å². The summed E-state index contributed by atoms with van der Waals surface area (Å²) in [6.45, 7) is 7.19. The second-order valence-corrected chi connectivity index (χ2v) is 9.81. The molecule has 2 nitrogen and oxygen atoms in total. The van der Waals surface area contributed by atoms with Crippen molar-refractivity contribution in [2.45, 2.75) is 57.7 Å². The molecule has 0 spiro atoms. The van der Waals surface area contributed by atoms with E-state index in [-0.39, 0.29) is 5.75 Å². The highest BCUT2D eigenvalue weighted by molar-refractivity contribution is 7.91. The van der Waals surface area contributed by atoms with Crippen LogP contribution in [0.2, 0.25) is 0 Å². The van der Waals surface area contributed by atoms with Crippen LogP contribution in [0.5, 0.6) is 0 Å². The molecule has 0 saturated heterocycles. The van der Waals surface area contributed by atoms with Gasteiger partial charge in [-0.05, 0) is 80.5 Å². The lowest BCUT2D eigenvalue weighted by Gasteiger charge is -2.14. The molecule has 0 heterocycles. The van der Waals surface area contributed by atoms with E-state index in [2.05, 4.69) is 0 Å². The molecule has 0 aliphatic heterocycles. The minimum Gasteiger partial charge on any atom is -0.228 e. The molecule has 0 radical (unpaired) electrons. The minimum atomic E-state index is -4.32. The first kappa shape index (κ1) is 21.5. The van der Waals surface area contributed by atoms with Crippen LogP contribution in [-0.2, 0) is 34.6 Å². The molecule has 0 unspecified atom stereocenters. The van der Waals surface area contributed by atoms with Gasteiger partial charge < -0.3 is 0 Å². The molecule has 0 fully saturated rings. The van der Waals surface area contributed by atoms with Crippen LogP contribution in [0.1, 0.15) is 47.2 Å². The Balaban J connectivity index is 2.13. The maximum absolute atomic E-state index is 12.6. The molecule has 0 saturated carbocycles. The molecule has 0 aromatic heterocycles. The van der Waals surface area contributed by atoms with E-state index in [1.54, 1.807) is 13.8 Å². The Labute approximate surface area is 159 Å². The number of hydrogen-bond donors (Lipinski definition) is 0. The third-order valence-corrected chi connectivity index (χ3v) is 6.98. The highest BCUT2D eigenvalue weighted by Gasteiger charge is 2.29. The Morgan fingerprint density at radius 2 is 1.41 bits per heavy atom. The zero-order chi connectivity index (χ0) is 20.4. The molecule has 0 N–H and O–H groups in total. The molecule has 2 rings (SSSR count). The lowest BCUT2D eigenvalue weighted by Crippen LogP contribution is -2.17. The van der Waals surface area contributed by atoms with Gasteiger partial charge in [-0.25, -0.2) is 8.42 Å². The quantitative estimate of drug-likeness (QED) is 0.650. The van der Waals surface area contributed by atoms with Gasteiger partial charge in [-0.15, -0.1) is 0 Å². The zero-order valence-corrected chi connectivity index (χ0v) is 16.8. The monoisotopic (exact) mass is 398 g/mol. The predicted molar refractivity (Wildman–Crippen MR) is 103 cm³/mol. The van der Waals surface area contributed by atoms with E-state index in [4.69, 9.17) is 0 Å². The maximum atomic E-state index is 12.6.